The van der Waals surface area contributed by atoms with E-state index in [2.05, 4.69) is 20.9 Å². The molecule has 0 atom stereocenters. The fraction of sp³-hybridized carbons (Fsp3) is 0.158. The van der Waals surface area contributed by atoms with Crippen LogP contribution < -0.4 is 0 Å². The van der Waals surface area contributed by atoms with Crippen LogP contribution in [-0.2, 0) is 24.4 Å². The van der Waals surface area contributed by atoms with E-state index in [1.165, 1.54) is 12.1 Å². The Morgan fingerprint density at radius 3 is 2.68 bits per heavy atom. The molecule has 6 heteroatoms. The van der Waals surface area contributed by atoms with E-state index < -0.39 is 0 Å². The molecular formula is C19H15BrFN3O. The minimum atomic E-state index is -0.274. The molecule has 2 heterocycles. The highest BCUT2D eigenvalue weighted by Crippen LogP contribution is 2.28. The van der Waals surface area contributed by atoms with Crippen molar-refractivity contribution in [3.63, 3.8) is 0 Å². The van der Waals surface area contributed by atoms with Gasteiger partial charge in [-0.3, -0.25) is 4.79 Å². The van der Waals surface area contributed by atoms with E-state index >= 15 is 0 Å². The Morgan fingerprint density at radius 2 is 1.92 bits per heavy atom. The monoisotopic (exact) mass is 399 g/mol. The number of rotatable bonds is 3. The number of fused-ring (bicyclic) bond motifs is 1. The molecule has 1 aromatic heterocycles. The predicted octanol–water partition coefficient (Wildman–Crippen LogP) is 3.99. The first-order valence-corrected chi connectivity index (χ1v) is 8.71. The molecule has 0 fully saturated rings. The van der Waals surface area contributed by atoms with Gasteiger partial charge in [-0.1, -0.05) is 40.2 Å². The predicted molar refractivity (Wildman–Crippen MR) is 96.0 cm³/mol. The van der Waals surface area contributed by atoms with Gasteiger partial charge in [0, 0.05) is 16.6 Å². The number of aromatic nitrogens is 2. The second-order valence-electron chi connectivity index (χ2n) is 6.05. The van der Waals surface area contributed by atoms with Gasteiger partial charge in [0.25, 0.3) is 0 Å². The normalized spacial score (nSPS) is 13.8. The first kappa shape index (κ1) is 16.0. The van der Waals surface area contributed by atoms with Crippen molar-refractivity contribution in [3.8, 4) is 11.3 Å². The molecule has 0 saturated heterocycles. The Morgan fingerprint density at radius 1 is 1.12 bits per heavy atom. The first-order valence-electron chi connectivity index (χ1n) is 7.92. The number of halogens is 2. The number of nitrogens with zero attached hydrogens (tertiary/aromatic N) is 3. The van der Waals surface area contributed by atoms with E-state index in [9.17, 15) is 9.18 Å². The molecule has 3 aromatic rings. The van der Waals surface area contributed by atoms with E-state index in [-0.39, 0.29) is 18.3 Å². The average Bonchev–Trinajstić information content (AvgIpc) is 3.00. The molecule has 25 heavy (non-hydrogen) atoms. The minimum Gasteiger partial charge on any atom is -0.331 e. The summed E-state index contributed by atoms with van der Waals surface area (Å²) in [6.45, 7) is 1.22. The number of benzene rings is 2. The zero-order chi connectivity index (χ0) is 17.4. The lowest BCUT2D eigenvalue weighted by molar-refractivity contribution is -0.134. The molecule has 0 radical (unpaired) electrons. The molecule has 0 bridgehead atoms. The van der Waals surface area contributed by atoms with Gasteiger partial charge in [0.15, 0.2) is 0 Å². The van der Waals surface area contributed by atoms with Crippen LogP contribution in [0.3, 0.4) is 0 Å². The van der Waals surface area contributed by atoms with E-state index in [0.717, 1.165) is 27.0 Å². The van der Waals surface area contributed by atoms with Gasteiger partial charge in [0.2, 0.25) is 5.91 Å². The lowest BCUT2D eigenvalue weighted by Gasteiger charge is -2.28. The van der Waals surface area contributed by atoms with Crippen LogP contribution in [0.2, 0.25) is 0 Å². The zero-order valence-corrected chi connectivity index (χ0v) is 14.9. The highest BCUT2D eigenvalue weighted by Gasteiger charge is 2.26. The van der Waals surface area contributed by atoms with Crippen molar-refractivity contribution in [2.24, 2.45) is 0 Å². The van der Waals surface area contributed by atoms with Crippen LogP contribution in [0.1, 0.15) is 11.3 Å². The molecule has 1 amide bonds. The lowest BCUT2D eigenvalue weighted by Crippen LogP contribution is -2.38. The van der Waals surface area contributed by atoms with E-state index in [4.69, 9.17) is 0 Å². The van der Waals surface area contributed by atoms with Crippen LogP contribution in [0.15, 0.2) is 59.3 Å². The molecule has 2 aromatic carbocycles. The second kappa shape index (κ2) is 6.44. The molecule has 126 valence electrons. The van der Waals surface area contributed by atoms with Crippen molar-refractivity contribution in [3.05, 3.63) is 76.4 Å². The molecule has 4 rings (SSSR count). The van der Waals surface area contributed by atoms with Gasteiger partial charge in [0.1, 0.15) is 12.4 Å². The van der Waals surface area contributed by atoms with E-state index in [1.807, 2.05) is 28.8 Å². The molecule has 0 spiro atoms. The fourth-order valence-electron chi connectivity index (χ4n) is 3.06. The smallest absolute Gasteiger partial charge is 0.243 e. The highest BCUT2D eigenvalue weighted by molar-refractivity contribution is 9.10. The lowest BCUT2D eigenvalue weighted by atomic mass is 10.1. The SMILES string of the molecule is O=C1Cn2cnc(-c3cccc(Br)c3)c2CN1Cc1ccc(F)cc1. The Labute approximate surface area is 153 Å². The maximum atomic E-state index is 13.1. The molecule has 4 nitrogen and oxygen atoms in total. The van der Waals surface area contributed by atoms with Crippen molar-refractivity contribution in [1.82, 2.24) is 14.5 Å². The second-order valence-corrected chi connectivity index (χ2v) is 6.97. The molecule has 0 aliphatic carbocycles. The van der Waals surface area contributed by atoms with Crippen LogP contribution in [-0.4, -0.2) is 20.4 Å². The van der Waals surface area contributed by atoms with Crippen molar-refractivity contribution in [2.45, 2.75) is 19.6 Å². The summed E-state index contributed by atoms with van der Waals surface area (Å²) in [5, 5.41) is 0. The number of hydrogen-bond acceptors (Lipinski definition) is 2. The number of carbonyl (C=O) groups excluding carboxylic acids is 1. The van der Waals surface area contributed by atoms with Crippen LogP contribution in [0.25, 0.3) is 11.3 Å². The Kier molecular flexibility index (Phi) is 4.13. The number of amides is 1. The minimum absolute atomic E-state index is 0.0371. The summed E-state index contributed by atoms with van der Waals surface area (Å²) in [4.78, 5) is 18.7. The van der Waals surface area contributed by atoms with Gasteiger partial charge >= 0.3 is 0 Å². The molecule has 1 aliphatic rings. The van der Waals surface area contributed by atoms with Gasteiger partial charge in [-0.2, -0.15) is 0 Å². The third-order valence-electron chi connectivity index (χ3n) is 4.33. The topological polar surface area (TPSA) is 38.1 Å². The van der Waals surface area contributed by atoms with Gasteiger partial charge in [0.05, 0.1) is 24.3 Å². The summed E-state index contributed by atoms with van der Waals surface area (Å²) in [5.74, 6) is -0.237. The summed E-state index contributed by atoms with van der Waals surface area (Å²) >= 11 is 3.49. The van der Waals surface area contributed by atoms with Gasteiger partial charge in [-0.15, -0.1) is 0 Å². The maximum absolute atomic E-state index is 13.1. The molecule has 0 N–H and O–H groups in total. The van der Waals surface area contributed by atoms with Crippen molar-refractivity contribution in [1.29, 1.82) is 0 Å². The molecule has 0 unspecified atom stereocenters. The van der Waals surface area contributed by atoms with Gasteiger partial charge in [-0.05, 0) is 29.8 Å². The summed E-state index contributed by atoms with van der Waals surface area (Å²) in [6, 6.07) is 14.2. The standard InChI is InChI=1S/C19H15BrFN3O/c20-15-3-1-2-14(8-15)19-17-10-23(18(25)11-24(17)12-22-19)9-13-4-6-16(21)7-5-13/h1-8,12H,9-11H2. The van der Waals surface area contributed by atoms with Gasteiger partial charge in [-0.25, -0.2) is 9.37 Å². The van der Waals surface area contributed by atoms with Crippen molar-refractivity contribution in [2.75, 3.05) is 0 Å². The number of hydrogen-bond donors (Lipinski definition) is 0. The van der Waals surface area contributed by atoms with E-state index in [1.54, 1.807) is 23.4 Å². The summed E-state index contributed by atoms with van der Waals surface area (Å²) in [6.07, 6.45) is 1.72. The van der Waals surface area contributed by atoms with Crippen LogP contribution in [0.4, 0.5) is 4.39 Å². The average molecular weight is 400 g/mol. The maximum Gasteiger partial charge on any atom is 0.243 e. The van der Waals surface area contributed by atoms with Crippen LogP contribution in [0.5, 0.6) is 0 Å². The summed E-state index contributed by atoms with van der Waals surface area (Å²) in [5.41, 5.74) is 3.82. The van der Waals surface area contributed by atoms with Crippen molar-refractivity contribution >= 4 is 21.8 Å². The van der Waals surface area contributed by atoms with Crippen LogP contribution >= 0.6 is 15.9 Å². The highest BCUT2D eigenvalue weighted by atomic mass is 79.9. The number of imidazole rings is 1. The quantitative estimate of drug-likeness (QED) is 0.667. The third-order valence-corrected chi connectivity index (χ3v) is 4.82. The summed E-state index contributed by atoms with van der Waals surface area (Å²) in [7, 11) is 0. The molecule has 1 aliphatic heterocycles. The molecule has 0 saturated carbocycles. The zero-order valence-electron chi connectivity index (χ0n) is 13.3. The van der Waals surface area contributed by atoms with E-state index in [0.29, 0.717) is 13.1 Å². The number of carbonyl (C=O) groups is 1. The molecular weight excluding hydrogens is 385 g/mol. The van der Waals surface area contributed by atoms with Crippen molar-refractivity contribution < 1.29 is 9.18 Å². The third kappa shape index (κ3) is 3.22. The summed E-state index contributed by atoms with van der Waals surface area (Å²) < 4.78 is 16.0. The van der Waals surface area contributed by atoms with Gasteiger partial charge < -0.3 is 9.47 Å². The fourth-order valence-corrected chi connectivity index (χ4v) is 3.45. The largest absolute Gasteiger partial charge is 0.331 e. The van der Waals surface area contributed by atoms with Crippen LogP contribution in [0, 0.1) is 5.82 Å². The Bertz CT molecular complexity index is 936. The Hall–Kier alpha value is -2.47. The Balaban J connectivity index is 1.63. The first-order chi connectivity index (χ1) is 12.1.